The second kappa shape index (κ2) is 10.2. The minimum Gasteiger partial charge on any atom is -0.490 e. The van der Waals surface area contributed by atoms with E-state index in [0.717, 1.165) is 5.56 Å². The molecule has 2 aromatic heterocycles. The molecule has 0 spiro atoms. The summed E-state index contributed by atoms with van der Waals surface area (Å²) in [5.74, 6) is 1.31. The van der Waals surface area contributed by atoms with Gasteiger partial charge in [0.25, 0.3) is 5.91 Å². The Morgan fingerprint density at radius 1 is 1.13 bits per heavy atom. The molecule has 0 saturated carbocycles. The molecule has 0 aliphatic carbocycles. The molecule has 3 rings (SSSR count). The Hall–Kier alpha value is -3.00. The fourth-order valence-electron chi connectivity index (χ4n) is 3.02. The van der Waals surface area contributed by atoms with E-state index in [-0.39, 0.29) is 17.9 Å². The number of carbonyl (C=O) groups excluding carboxylic acids is 1. The highest BCUT2D eigenvalue weighted by atomic mass is 32.1. The van der Waals surface area contributed by atoms with Crippen molar-refractivity contribution in [3.05, 3.63) is 53.4 Å². The van der Waals surface area contributed by atoms with Gasteiger partial charge in [-0.05, 0) is 37.5 Å². The smallest absolute Gasteiger partial charge is 0.271 e. The first kappa shape index (κ1) is 21.7. The van der Waals surface area contributed by atoms with Gasteiger partial charge in [-0.1, -0.05) is 19.9 Å². The molecule has 0 radical (unpaired) electrons. The number of rotatable bonds is 9. The van der Waals surface area contributed by atoms with Crippen LogP contribution in [0.25, 0.3) is 10.7 Å². The van der Waals surface area contributed by atoms with E-state index in [1.807, 2.05) is 32.0 Å². The normalized spacial score (nSPS) is 11.9. The van der Waals surface area contributed by atoms with Gasteiger partial charge < -0.3 is 14.8 Å². The number of amides is 1. The van der Waals surface area contributed by atoms with Crippen LogP contribution in [0.4, 0.5) is 0 Å². The maximum Gasteiger partial charge on any atom is 0.271 e. The second-order valence-corrected chi connectivity index (χ2v) is 7.75. The summed E-state index contributed by atoms with van der Waals surface area (Å²) in [6.07, 6.45) is 4.84. The largest absolute Gasteiger partial charge is 0.490 e. The van der Waals surface area contributed by atoms with Gasteiger partial charge in [0.2, 0.25) is 0 Å². The van der Waals surface area contributed by atoms with Crippen LogP contribution in [0, 0.1) is 5.92 Å². The van der Waals surface area contributed by atoms with E-state index in [0.29, 0.717) is 41.1 Å². The summed E-state index contributed by atoms with van der Waals surface area (Å²) in [5.41, 5.74) is 1.96. The van der Waals surface area contributed by atoms with Crippen molar-refractivity contribution in [3.63, 3.8) is 0 Å². The number of benzene rings is 1. The first-order valence-corrected chi connectivity index (χ1v) is 10.8. The Bertz CT molecular complexity index is 976. The van der Waals surface area contributed by atoms with Gasteiger partial charge in [0.05, 0.1) is 25.5 Å². The summed E-state index contributed by atoms with van der Waals surface area (Å²) in [6, 6.07) is 5.59. The molecule has 0 aliphatic rings. The number of nitrogens with one attached hydrogen (secondary N) is 1. The number of thiazole rings is 1. The van der Waals surface area contributed by atoms with Crippen LogP contribution in [-0.4, -0.2) is 34.1 Å². The number of nitrogens with zero attached hydrogens (tertiary/aromatic N) is 3. The first-order chi connectivity index (χ1) is 14.5. The lowest BCUT2D eigenvalue weighted by Crippen LogP contribution is -2.32. The molecule has 1 atom stereocenters. The highest BCUT2D eigenvalue weighted by Gasteiger charge is 2.22. The Balaban J connectivity index is 1.81. The highest BCUT2D eigenvalue weighted by Crippen LogP contribution is 2.33. The Morgan fingerprint density at radius 3 is 2.57 bits per heavy atom. The predicted molar refractivity (Wildman–Crippen MR) is 117 cm³/mol. The van der Waals surface area contributed by atoms with Crippen LogP contribution in [0.1, 0.15) is 49.8 Å². The molecule has 8 heteroatoms. The van der Waals surface area contributed by atoms with Crippen molar-refractivity contribution in [1.82, 2.24) is 20.3 Å². The van der Waals surface area contributed by atoms with Crippen molar-refractivity contribution in [2.24, 2.45) is 5.92 Å². The molecule has 0 fully saturated rings. The maximum absolute atomic E-state index is 12.9. The molecule has 1 unspecified atom stereocenters. The van der Waals surface area contributed by atoms with Gasteiger partial charge in [-0.2, -0.15) is 0 Å². The van der Waals surface area contributed by atoms with Crippen molar-refractivity contribution in [3.8, 4) is 22.2 Å². The highest BCUT2D eigenvalue weighted by molar-refractivity contribution is 7.13. The zero-order valence-electron chi connectivity index (χ0n) is 17.6. The molecule has 1 N–H and O–H groups in total. The molecule has 0 saturated heterocycles. The van der Waals surface area contributed by atoms with Crippen molar-refractivity contribution in [2.75, 3.05) is 13.2 Å². The van der Waals surface area contributed by atoms with E-state index < -0.39 is 0 Å². The molecule has 1 amide bonds. The van der Waals surface area contributed by atoms with E-state index in [1.165, 1.54) is 11.3 Å². The average Bonchev–Trinajstić information content (AvgIpc) is 3.24. The molecule has 30 heavy (non-hydrogen) atoms. The lowest BCUT2D eigenvalue weighted by molar-refractivity contribution is 0.0921. The van der Waals surface area contributed by atoms with Gasteiger partial charge in [0, 0.05) is 17.8 Å². The van der Waals surface area contributed by atoms with Crippen LogP contribution >= 0.6 is 11.3 Å². The van der Waals surface area contributed by atoms with Gasteiger partial charge >= 0.3 is 0 Å². The summed E-state index contributed by atoms with van der Waals surface area (Å²) in [5, 5.41) is 5.51. The van der Waals surface area contributed by atoms with E-state index in [1.54, 1.807) is 24.0 Å². The number of hydrogen-bond acceptors (Lipinski definition) is 7. The third-order valence-electron chi connectivity index (χ3n) is 4.40. The molecule has 2 heterocycles. The molecule has 3 aromatic rings. The van der Waals surface area contributed by atoms with E-state index >= 15 is 0 Å². The Kier molecular flexibility index (Phi) is 7.35. The lowest BCUT2D eigenvalue weighted by atomic mass is 9.95. The number of ether oxygens (including phenoxy) is 2. The van der Waals surface area contributed by atoms with Gasteiger partial charge in [-0.25, -0.2) is 4.98 Å². The average molecular weight is 427 g/mol. The molecule has 0 bridgehead atoms. The second-order valence-electron chi connectivity index (χ2n) is 6.90. The zero-order chi connectivity index (χ0) is 21.5. The van der Waals surface area contributed by atoms with Crippen LogP contribution in [0.5, 0.6) is 11.5 Å². The van der Waals surface area contributed by atoms with Gasteiger partial charge in [0.15, 0.2) is 11.5 Å². The van der Waals surface area contributed by atoms with E-state index in [2.05, 4.69) is 34.1 Å². The summed E-state index contributed by atoms with van der Waals surface area (Å²) >= 11 is 1.37. The Morgan fingerprint density at radius 2 is 1.90 bits per heavy atom. The molecule has 0 aliphatic heterocycles. The summed E-state index contributed by atoms with van der Waals surface area (Å²) in [4.78, 5) is 25.6. The van der Waals surface area contributed by atoms with Gasteiger partial charge in [0.1, 0.15) is 16.4 Å². The number of aromatic nitrogens is 3. The fraction of sp³-hybridized carbons (Fsp3) is 0.364. The summed E-state index contributed by atoms with van der Waals surface area (Å²) < 4.78 is 11.4. The van der Waals surface area contributed by atoms with E-state index in [4.69, 9.17) is 9.47 Å². The topological polar surface area (TPSA) is 86.2 Å². The van der Waals surface area contributed by atoms with Crippen molar-refractivity contribution in [2.45, 2.75) is 33.7 Å². The molecule has 7 nitrogen and oxygen atoms in total. The van der Waals surface area contributed by atoms with Crippen LogP contribution in [0.3, 0.4) is 0 Å². The van der Waals surface area contributed by atoms with Crippen molar-refractivity contribution < 1.29 is 14.3 Å². The monoisotopic (exact) mass is 426 g/mol. The fourth-order valence-corrected chi connectivity index (χ4v) is 3.78. The Labute approximate surface area is 180 Å². The lowest BCUT2D eigenvalue weighted by Gasteiger charge is -2.24. The van der Waals surface area contributed by atoms with Crippen molar-refractivity contribution >= 4 is 17.2 Å². The van der Waals surface area contributed by atoms with Gasteiger partial charge in [-0.3, -0.25) is 14.8 Å². The number of hydrogen-bond donors (Lipinski definition) is 1. The zero-order valence-corrected chi connectivity index (χ0v) is 18.4. The van der Waals surface area contributed by atoms with Crippen LogP contribution < -0.4 is 14.8 Å². The minimum absolute atomic E-state index is 0.166. The number of carbonyl (C=O) groups is 1. The quantitative estimate of drug-likeness (QED) is 0.541. The third kappa shape index (κ3) is 5.13. The summed E-state index contributed by atoms with van der Waals surface area (Å²) in [7, 11) is 0. The minimum atomic E-state index is -0.230. The van der Waals surface area contributed by atoms with E-state index in [9.17, 15) is 4.79 Å². The molecular formula is C22H26N4O3S. The third-order valence-corrected chi connectivity index (χ3v) is 5.26. The molecule has 1 aromatic carbocycles. The predicted octanol–water partition coefficient (Wildman–Crippen LogP) is 4.52. The first-order valence-electron chi connectivity index (χ1n) is 9.95. The van der Waals surface area contributed by atoms with Crippen LogP contribution in [0.2, 0.25) is 0 Å². The van der Waals surface area contributed by atoms with Crippen molar-refractivity contribution in [1.29, 1.82) is 0 Å². The van der Waals surface area contributed by atoms with Crippen LogP contribution in [-0.2, 0) is 0 Å². The molecular weight excluding hydrogens is 400 g/mol. The SMILES string of the molecule is CCOc1ccc(C(NC(=O)c2csc(-c3cnccn3)n2)C(C)C)cc1OCC. The molecule has 158 valence electrons. The summed E-state index contributed by atoms with van der Waals surface area (Å²) in [6.45, 7) is 9.08. The van der Waals surface area contributed by atoms with Crippen LogP contribution in [0.15, 0.2) is 42.2 Å². The maximum atomic E-state index is 12.9. The standard InChI is InChI=1S/C22H26N4O3S/c1-5-28-18-8-7-15(11-19(18)29-6-2)20(14(3)4)26-21(27)17-13-30-22(25-17)16-12-23-9-10-24-16/h7-14,20H,5-6H2,1-4H3,(H,26,27). The van der Waals surface area contributed by atoms with Gasteiger partial charge in [-0.15, -0.1) is 11.3 Å².